The second-order valence-corrected chi connectivity index (χ2v) is 4.67. The van der Waals surface area contributed by atoms with Crippen LogP contribution in [0.3, 0.4) is 0 Å². The van der Waals surface area contributed by atoms with Crippen LogP contribution in [0, 0.1) is 0 Å². The Bertz CT molecular complexity index is 665. The highest BCUT2D eigenvalue weighted by Crippen LogP contribution is 2.28. The molecule has 0 aliphatic carbocycles. The molecule has 0 atom stereocenters. The molecule has 2 aromatic heterocycles. The number of nitrogens with zero attached hydrogens (tertiary/aromatic N) is 2. The monoisotopic (exact) mass is 284 g/mol. The minimum absolute atomic E-state index is 1.00. The second kappa shape index (κ2) is 4.26. The van der Waals surface area contributed by atoms with E-state index in [9.17, 15) is 0 Å². The van der Waals surface area contributed by atoms with Crippen molar-refractivity contribution in [3.8, 4) is 11.1 Å². The summed E-state index contributed by atoms with van der Waals surface area (Å²) in [5, 5.41) is 1.15. The van der Waals surface area contributed by atoms with E-state index in [1.807, 2.05) is 36.5 Å². The van der Waals surface area contributed by atoms with Crippen LogP contribution < -0.4 is 0 Å². The zero-order chi connectivity index (χ0) is 11.7. The molecule has 2 heterocycles. The van der Waals surface area contributed by atoms with E-state index in [4.69, 9.17) is 0 Å². The van der Waals surface area contributed by atoms with Crippen molar-refractivity contribution in [3.05, 3.63) is 59.5 Å². The topological polar surface area (TPSA) is 25.8 Å². The lowest BCUT2D eigenvalue weighted by atomic mass is 10.0. The Morgan fingerprint density at radius 3 is 2.53 bits per heavy atom. The van der Waals surface area contributed by atoms with E-state index in [1.165, 1.54) is 5.56 Å². The van der Waals surface area contributed by atoms with Crippen LogP contribution in [0.1, 0.15) is 0 Å². The number of aromatic nitrogens is 2. The molecule has 0 spiro atoms. The predicted octanol–water partition coefficient (Wildman–Crippen LogP) is 4.06. The minimum atomic E-state index is 1.00. The SMILES string of the molecule is Brc1ccc2nccc(-c3ccncc3)c2c1. The number of pyridine rings is 2. The Kier molecular flexibility index (Phi) is 2.61. The van der Waals surface area contributed by atoms with Crippen LogP contribution >= 0.6 is 15.9 Å². The molecule has 0 amide bonds. The smallest absolute Gasteiger partial charge is 0.0708 e. The van der Waals surface area contributed by atoms with E-state index < -0.39 is 0 Å². The normalized spacial score (nSPS) is 10.6. The Labute approximate surface area is 107 Å². The molecule has 82 valence electrons. The van der Waals surface area contributed by atoms with Gasteiger partial charge in [-0.3, -0.25) is 9.97 Å². The number of rotatable bonds is 1. The van der Waals surface area contributed by atoms with Gasteiger partial charge in [-0.1, -0.05) is 15.9 Å². The Morgan fingerprint density at radius 1 is 0.882 bits per heavy atom. The van der Waals surface area contributed by atoms with Gasteiger partial charge < -0.3 is 0 Å². The zero-order valence-corrected chi connectivity index (χ0v) is 10.6. The van der Waals surface area contributed by atoms with Gasteiger partial charge in [0.05, 0.1) is 5.52 Å². The summed E-state index contributed by atoms with van der Waals surface area (Å²) in [6.07, 6.45) is 5.45. The van der Waals surface area contributed by atoms with E-state index in [0.29, 0.717) is 0 Å². The summed E-state index contributed by atoms with van der Waals surface area (Å²) in [6.45, 7) is 0. The maximum Gasteiger partial charge on any atom is 0.0708 e. The van der Waals surface area contributed by atoms with Gasteiger partial charge >= 0.3 is 0 Å². The minimum Gasteiger partial charge on any atom is -0.265 e. The average molecular weight is 285 g/mol. The van der Waals surface area contributed by atoms with Gasteiger partial charge in [0.2, 0.25) is 0 Å². The highest BCUT2D eigenvalue weighted by atomic mass is 79.9. The Morgan fingerprint density at radius 2 is 1.71 bits per heavy atom. The summed E-state index contributed by atoms with van der Waals surface area (Å²) < 4.78 is 1.06. The third-order valence-electron chi connectivity index (χ3n) is 2.69. The molecule has 17 heavy (non-hydrogen) atoms. The molecule has 0 saturated heterocycles. The lowest BCUT2D eigenvalue weighted by molar-refractivity contribution is 1.33. The summed E-state index contributed by atoms with van der Waals surface area (Å²) in [5.74, 6) is 0. The molecule has 0 aliphatic heterocycles. The molecule has 3 aromatic rings. The number of benzene rings is 1. The van der Waals surface area contributed by atoms with Crippen molar-refractivity contribution in [3.63, 3.8) is 0 Å². The molecule has 0 unspecified atom stereocenters. The summed E-state index contributed by atoms with van der Waals surface area (Å²) in [6, 6.07) is 12.2. The van der Waals surface area contributed by atoms with Crippen molar-refractivity contribution >= 4 is 26.8 Å². The standard InChI is InChI=1S/C14H9BrN2/c15-11-1-2-14-13(9-11)12(5-8-17-14)10-3-6-16-7-4-10/h1-9H. The molecule has 3 rings (SSSR count). The van der Waals surface area contributed by atoms with Crippen molar-refractivity contribution < 1.29 is 0 Å². The van der Waals surface area contributed by atoms with E-state index in [0.717, 1.165) is 20.9 Å². The first-order valence-electron chi connectivity index (χ1n) is 5.29. The molecule has 0 N–H and O–H groups in total. The fourth-order valence-corrected chi connectivity index (χ4v) is 2.26. The van der Waals surface area contributed by atoms with E-state index in [1.54, 1.807) is 12.4 Å². The van der Waals surface area contributed by atoms with E-state index >= 15 is 0 Å². The zero-order valence-electron chi connectivity index (χ0n) is 8.97. The van der Waals surface area contributed by atoms with Crippen molar-refractivity contribution in [1.29, 1.82) is 0 Å². The van der Waals surface area contributed by atoms with Gasteiger partial charge in [0, 0.05) is 28.4 Å². The van der Waals surface area contributed by atoms with Crippen LogP contribution in [0.15, 0.2) is 59.5 Å². The lowest BCUT2D eigenvalue weighted by Crippen LogP contribution is -1.84. The Hall–Kier alpha value is -1.74. The fourth-order valence-electron chi connectivity index (χ4n) is 1.90. The molecule has 3 heteroatoms. The summed E-state index contributed by atoms with van der Waals surface area (Å²) in [5.41, 5.74) is 3.34. The van der Waals surface area contributed by atoms with Gasteiger partial charge in [-0.25, -0.2) is 0 Å². The van der Waals surface area contributed by atoms with E-state index in [2.05, 4.69) is 32.0 Å². The molecule has 0 radical (unpaired) electrons. The van der Waals surface area contributed by atoms with Crippen LogP contribution in [-0.2, 0) is 0 Å². The molecule has 0 saturated carbocycles. The summed E-state index contributed by atoms with van der Waals surface area (Å²) in [7, 11) is 0. The van der Waals surface area contributed by atoms with Crippen molar-refractivity contribution in [2.45, 2.75) is 0 Å². The largest absolute Gasteiger partial charge is 0.265 e. The second-order valence-electron chi connectivity index (χ2n) is 3.76. The molecule has 0 aliphatic rings. The number of hydrogen-bond donors (Lipinski definition) is 0. The first-order chi connectivity index (χ1) is 8.34. The highest BCUT2D eigenvalue weighted by Gasteiger charge is 2.04. The lowest BCUT2D eigenvalue weighted by Gasteiger charge is -2.06. The summed E-state index contributed by atoms with van der Waals surface area (Å²) in [4.78, 5) is 8.42. The van der Waals surface area contributed by atoms with Gasteiger partial charge in [0.15, 0.2) is 0 Å². The third-order valence-corrected chi connectivity index (χ3v) is 3.19. The van der Waals surface area contributed by atoms with Crippen LogP contribution in [0.2, 0.25) is 0 Å². The maximum absolute atomic E-state index is 4.37. The summed E-state index contributed by atoms with van der Waals surface area (Å²) >= 11 is 3.50. The van der Waals surface area contributed by atoms with Gasteiger partial charge in [-0.2, -0.15) is 0 Å². The molecule has 2 nitrogen and oxygen atoms in total. The molecule has 0 fully saturated rings. The van der Waals surface area contributed by atoms with Crippen LogP contribution in [0.25, 0.3) is 22.0 Å². The van der Waals surface area contributed by atoms with Gasteiger partial charge in [-0.05, 0) is 47.5 Å². The van der Waals surface area contributed by atoms with Crippen molar-refractivity contribution in [1.82, 2.24) is 9.97 Å². The molecular formula is C14H9BrN2. The molecule has 1 aromatic carbocycles. The van der Waals surface area contributed by atoms with Crippen LogP contribution in [0.4, 0.5) is 0 Å². The van der Waals surface area contributed by atoms with Gasteiger partial charge in [-0.15, -0.1) is 0 Å². The first-order valence-corrected chi connectivity index (χ1v) is 6.08. The van der Waals surface area contributed by atoms with E-state index in [-0.39, 0.29) is 0 Å². The van der Waals surface area contributed by atoms with Crippen LogP contribution in [0.5, 0.6) is 0 Å². The fraction of sp³-hybridized carbons (Fsp3) is 0. The highest BCUT2D eigenvalue weighted by molar-refractivity contribution is 9.10. The van der Waals surface area contributed by atoms with Crippen LogP contribution in [-0.4, -0.2) is 9.97 Å². The maximum atomic E-state index is 4.37. The van der Waals surface area contributed by atoms with Gasteiger partial charge in [0.1, 0.15) is 0 Å². The number of fused-ring (bicyclic) bond motifs is 1. The number of halogens is 1. The predicted molar refractivity (Wildman–Crippen MR) is 72.7 cm³/mol. The Balaban J connectivity index is 2.33. The van der Waals surface area contributed by atoms with Gasteiger partial charge in [0.25, 0.3) is 0 Å². The number of hydrogen-bond acceptors (Lipinski definition) is 2. The quantitative estimate of drug-likeness (QED) is 0.673. The molecule has 0 bridgehead atoms. The molecular weight excluding hydrogens is 276 g/mol. The van der Waals surface area contributed by atoms with Crippen molar-refractivity contribution in [2.24, 2.45) is 0 Å². The third kappa shape index (κ3) is 1.94. The average Bonchev–Trinajstić information content (AvgIpc) is 2.39. The van der Waals surface area contributed by atoms with Crippen molar-refractivity contribution in [2.75, 3.05) is 0 Å². The first kappa shape index (κ1) is 10.4.